The first-order valence-electron chi connectivity index (χ1n) is 6.65. The summed E-state index contributed by atoms with van der Waals surface area (Å²) in [6, 6.07) is 4.64. The maximum absolute atomic E-state index is 11.8. The van der Waals surface area contributed by atoms with Crippen molar-refractivity contribution in [1.29, 1.82) is 0 Å². The lowest BCUT2D eigenvalue weighted by Crippen LogP contribution is -2.56. The summed E-state index contributed by atoms with van der Waals surface area (Å²) in [5, 5.41) is 0. The molecule has 2 aliphatic heterocycles. The largest absolute Gasteiger partial charge is 0.457 e. The Bertz CT molecular complexity index is 422. The normalized spacial score (nSPS) is 33.3. The summed E-state index contributed by atoms with van der Waals surface area (Å²) in [7, 11) is 4.60. The number of furan rings is 1. The number of rotatable bonds is 2. The van der Waals surface area contributed by atoms with Crippen LogP contribution < -0.4 is 0 Å². The second-order valence-corrected chi connectivity index (χ2v) is 5.99. The molecule has 18 heavy (non-hydrogen) atoms. The van der Waals surface area contributed by atoms with E-state index in [0.717, 1.165) is 17.3 Å². The van der Waals surface area contributed by atoms with Gasteiger partial charge in [-0.15, -0.1) is 0 Å². The van der Waals surface area contributed by atoms with E-state index in [1.807, 2.05) is 0 Å². The summed E-state index contributed by atoms with van der Waals surface area (Å²) in [6.07, 6.45) is 6.04. The first-order chi connectivity index (χ1) is 8.57. The van der Waals surface area contributed by atoms with E-state index >= 15 is 0 Å². The third-order valence-corrected chi connectivity index (χ3v) is 4.78. The summed E-state index contributed by atoms with van der Waals surface area (Å²) in [6.45, 7) is 0. The van der Waals surface area contributed by atoms with Gasteiger partial charge in [0.05, 0.1) is 32.4 Å². The minimum atomic E-state index is -0.323. The van der Waals surface area contributed by atoms with Crippen molar-refractivity contribution < 1.29 is 18.4 Å². The zero-order valence-corrected chi connectivity index (χ0v) is 11.0. The molecule has 2 saturated heterocycles. The number of ether oxygens (including phenoxy) is 1. The third kappa shape index (κ3) is 1.85. The molecule has 1 aromatic rings. The Labute approximate surface area is 107 Å². The molecule has 3 rings (SSSR count). The summed E-state index contributed by atoms with van der Waals surface area (Å²) in [5.41, 5.74) is 0. The van der Waals surface area contributed by atoms with Crippen molar-refractivity contribution in [2.24, 2.45) is 0 Å². The molecule has 4 heteroatoms. The highest BCUT2D eigenvalue weighted by Gasteiger charge is 2.49. The van der Waals surface area contributed by atoms with Crippen LogP contribution in [0.5, 0.6) is 0 Å². The fraction of sp³-hybridized carbons (Fsp3) is 0.643. The van der Waals surface area contributed by atoms with E-state index in [1.165, 1.54) is 19.1 Å². The predicted octanol–water partition coefficient (Wildman–Crippen LogP) is 2.21. The molecule has 2 aliphatic rings. The molecule has 0 unspecified atom stereocenters. The Hall–Kier alpha value is -1.29. The molecule has 3 heterocycles. The monoisotopic (exact) mass is 250 g/mol. The summed E-state index contributed by atoms with van der Waals surface area (Å²) in [5.74, 6) is -0.0155. The molecule has 0 spiro atoms. The van der Waals surface area contributed by atoms with Crippen molar-refractivity contribution >= 4 is 5.97 Å². The van der Waals surface area contributed by atoms with Gasteiger partial charge in [-0.25, -0.2) is 4.79 Å². The van der Waals surface area contributed by atoms with Crippen LogP contribution in [0.2, 0.25) is 0 Å². The summed E-state index contributed by atoms with van der Waals surface area (Å²) < 4.78 is 11.7. The molecule has 2 atom stereocenters. The van der Waals surface area contributed by atoms with Gasteiger partial charge in [-0.2, -0.15) is 0 Å². The lowest BCUT2D eigenvalue weighted by Gasteiger charge is -2.43. The number of fused-ring (bicyclic) bond motifs is 2. The van der Waals surface area contributed by atoms with E-state index in [-0.39, 0.29) is 12.1 Å². The quantitative estimate of drug-likeness (QED) is 0.596. The van der Waals surface area contributed by atoms with Gasteiger partial charge in [0.25, 0.3) is 0 Å². The summed E-state index contributed by atoms with van der Waals surface area (Å²) >= 11 is 0. The van der Waals surface area contributed by atoms with E-state index in [4.69, 9.17) is 9.15 Å². The SMILES string of the molecule is C[N+]1(C)[C@H]2CC[C@H]1CC(OC(=O)c1ccco1)C2. The molecule has 4 nitrogen and oxygen atoms in total. The molecule has 2 bridgehead atoms. The second-order valence-electron chi connectivity index (χ2n) is 5.99. The van der Waals surface area contributed by atoms with Crippen LogP contribution in [0.3, 0.4) is 0 Å². The van der Waals surface area contributed by atoms with Gasteiger partial charge in [0, 0.05) is 25.7 Å². The molecule has 2 fully saturated rings. The molecule has 1 aromatic heterocycles. The van der Waals surface area contributed by atoms with Gasteiger partial charge in [0.1, 0.15) is 6.10 Å². The first kappa shape index (κ1) is 11.8. The van der Waals surface area contributed by atoms with Crippen LogP contribution in [0.1, 0.15) is 36.2 Å². The fourth-order valence-corrected chi connectivity index (χ4v) is 3.53. The van der Waals surface area contributed by atoms with Crippen LogP contribution in [0.15, 0.2) is 22.8 Å². The standard InChI is InChI=1S/C14H20NO3/c1-15(2)10-5-6-11(15)9-12(8-10)18-14(16)13-4-3-7-17-13/h3-4,7,10-12H,5-6,8-9H2,1-2H3/q+1/t10-,11-/m0/s1. The van der Waals surface area contributed by atoms with E-state index in [1.54, 1.807) is 12.1 Å². The van der Waals surface area contributed by atoms with Gasteiger partial charge in [-0.3, -0.25) is 0 Å². The van der Waals surface area contributed by atoms with Crippen molar-refractivity contribution in [2.45, 2.75) is 43.9 Å². The smallest absolute Gasteiger partial charge is 0.374 e. The Balaban J connectivity index is 1.65. The topological polar surface area (TPSA) is 39.4 Å². The Morgan fingerprint density at radius 2 is 2.00 bits per heavy atom. The molecule has 0 aliphatic carbocycles. The number of nitrogens with zero attached hydrogens (tertiary/aromatic N) is 1. The number of quaternary nitrogens is 1. The van der Waals surface area contributed by atoms with Crippen molar-refractivity contribution in [3.05, 3.63) is 24.2 Å². The van der Waals surface area contributed by atoms with Crippen LogP contribution in [-0.4, -0.2) is 42.7 Å². The maximum Gasteiger partial charge on any atom is 0.374 e. The number of hydrogen-bond acceptors (Lipinski definition) is 3. The highest BCUT2D eigenvalue weighted by molar-refractivity contribution is 5.86. The number of piperidine rings is 1. The minimum absolute atomic E-state index is 0.0613. The van der Waals surface area contributed by atoms with Crippen molar-refractivity contribution in [3.8, 4) is 0 Å². The van der Waals surface area contributed by atoms with Gasteiger partial charge in [0.2, 0.25) is 5.76 Å². The highest BCUT2D eigenvalue weighted by Crippen LogP contribution is 2.40. The molecule has 0 saturated carbocycles. The lowest BCUT2D eigenvalue weighted by molar-refractivity contribution is -0.931. The Morgan fingerprint density at radius 1 is 1.33 bits per heavy atom. The van der Waals surface area contributed by atoms with Crippen molar-refractivity contribution in [1.82, 2.24) is 0 Å². The van der Waals surface area contributed by atoms with Crippen LogP contribution >= 0.6 is 0 Å². The second kappa shape index (κ2) is 4.12. The predicted molar refractivity (Wildman–Crippen MR) is 66.1 cm³/mol. The maximum atomic E-state index is 11.8. The molecule has 0 N–H and O–H groups in total. The van der Waals surface area contributed by atoms with Gasteiger partial charge < -0.3 is 13.6 Å². The van der Waals surface area contributed by atoms with Gasteiger partial charge >= 0.3 is 5.97 Å². The minimum Gasteiger partial charge on any atom is -0.457 e. The molecule has 98 valence electrons. The van der Waals surface area contributed by atoms with Crippen LogP contribution in [-0.2, 0) is 4.74 Å². The number of esters is 1. The van der Waals surface area contributed by atoms with E-state index < -0.39 is 0 Å². The van der Waals surface area contributed by atoms with Crippen LogP contribution in [0.4, 0.5) is 0 Å². The lowest BCUT2D eigenvalue weighted by atomic mass is 9.98. The zero-order chi connectivity index (χ0) is 12.8. The molecular weight excluding hydrogens is 230 g/mol. The third-order valence-electron chi connectivity index (χ3n) is 4.78. The van der Waals surface area contributed by atoms with Crippen molar-refractivity contribution in [3.63, 3.8) is 0 Å². The summed E-state index contributed by atoms with van der Waals surface area (Å²) in [4.78, 5) is 11.8. The van der Waals surface area contributed by atoms with Crippen LogP contribution in [0.25, 0.3) is 0 Å². The highest BCUT2D eigenvalue weighted by atomic mass is 16.6. The number of hydrogen-bond donors (Lipinski definition) is 0. The Morgan fingerprint density at radius 3 is 2.56 bits per heavy atom. The van der Waals surface area contributed by atoms with Gasteiger partial charge in [0.15, 0.2) is 0 Å². The van der Waals surface area contributed by atoms with Crippen LogP contribution in [0, 0.1) is 0 Å². The average Bonchev–Trinajstić information content (AvgIpc) is 2.85. The molecule has 0 aromatic carbocycles. The molecule has 0 amide bonds. The number of carbonyl (C=O) groups is 1. The molecule has 0 radical (unpaired) electrons. The average molecular weight is 250 g/mol. The zero-order valence-electron chi connectivity index (χ0n) is 11.0. The molecular formula is C14H20NO3+. The van der Waals surface area contributed by atoms with E-state index in [2.05, 4.69) is 14.1 Å². The van der Waals surface area contributed by atoms with E-state index in [9.17, 15) is 4.79 Å². The Kier molecular flexibility index (Phi) is 2.70. The van der Waals surface area contributed by atoms with E-state index in [0.29, 0.717) is 17.8 Å². The van der Waals surface area contributed by atoms with Gasteiger partial charge in [-0.1, -0.05) is 0 Å². The van der Waals surface area contributed by atoms with Crippen molar-refractivity contribution in [2.75, 3.05) is 14.1 Å². The fourth-order valence-electron chi connectivity index (χ4n) is 3.53. The first-order valence-corrected chi connectivity index (χ1v) is 6.65. The number of carbonyl (C=O) groups excluding carboxylic acids is 1. The van der Waals surface area contributed by atoms with Gasteiger partial charge in [-0.05, 0) is 12.1 Å².